The van der Waals surface area contributed by atoms with Crippen molar-refractivity contribution in [2.45, 2.75) is 33.0 Å². The molecule has 8 heteroatoms. The van der Waals surface area contributed by atoms with Crippen LogP contribution in [0.4, 0.5) is 0 Å². The van der Waals surface area contributed by atoms with Gasteiger partial charge in [-0.1, -0.05) is 0 Å². The molecule has 0 amide bonds. The van der Waals surface area contributed by atoms with Crippen molar-refractivity contribution in [2.24, 2.45) is 0 Å². The lowest BCUT2D eigenvalue weighted by Gasteiger charge is -2.11. The van der Waals surface area contributed by atoms with Gasteiger partial charge in [-0.2, -0.15) is 0 Å². The summed E-state index contributed by atoms with van der Waals surface area (Å²) in [5.74, 6) is 0. The largest absolute Gasteiger partial charge is 0.396 e. The predicted octanol–water partition coefficient (Wildman–Crippen LogP) is -2.43. The Bertz CT molecular complexity index is 568. The minimum Gasteiger partial charge on any atom is -0.396 e. The van der Waals surface area contributed by atoms with Crippen LogP contribution in [-0.4, -0.2) is 37.1 Å². The van der Waals surface area contributed by atoms with Gasteiger partial charge in [0.05, 0.1) is 13.2 Å². The van der Waals surface area contributed by atoms with Gasteiger partial charge in [0, 0.05) is 19.7 Å². The molecule has 0 aromatic carbocycles. The first kappa shape index (κ1) is 14.4. The number of hydrogen-bond donors (Lipinski definition) is 2. The van der Waals surface area contributed by atoms with Crippen LogP contribution in [0.25, 0.3) is 0 Å². The molecule has 1 aromatic heterocycles. The average Bonchev–Trinajstić information content (AvgIpc) is 2.35. The molecule has 0 atom stereocenters. The van der Waals surface area contributed by atoms with Crippen molar-refractivity contribution < 1.29 is 10.2 Å². The molecular weight excluding hydrogens is 242 g/mol. The van der Waals surface area contributed by atoms with Crippen LogP contribution in [0, 0.1) is 0 Å². The first-order valence-electron chi connectivity index (χ1n) is 5.74. The van der Waals surface area contributed by atoms with Crippen LogP contribution in [0.2, 0.25) is 0 Å². The molecule has 0 spiro atoms. The lowest BCUT2D eigenvalue weighted by molar-refractivity contribution is 0.258. The molecule has 1 heterocycles. The van der Waals surface area contributed by atoms with Crippen molar-refractivity contribution in [2.75, 3.05) is 13.2 Å². The summed E-state index contributed by atoms with van der Waals surface area (Å²) in [7, 11) is 0. The number of aromatic nitrogens is 3. The third-order valence-electron chi connectivity index (χ3n) is 2.57. The van der Waals surface area contributed by atoms with Crippen molar-refractivity contribution in [3.05, 3.63) is 31.5 Å². The molecule has 8 nitrogen and oxygen atoms in total. The highest BCUT2D eigenvalue weighted by Gasteiger charge is 2.13. The molecule has 0 aliphatic carbocycles. The van der Waals surface area contributed by atoms with E-state index in [-0.39, 0.29) is 39.3 Å². The summed E-state index contributed by atoms with van der Waals surface area (Å²) in [6, 6.07) is 0. The van der Waals surface area contributed by atoms with Crippen molar-refractivity contribution in [1.29, 1.82) is 0 Å². The second-order valence-electron chi connectivity index (χ2n) is 3.70. The quantitative estimate of drug-likeness (QED) is 0.590. The van der Waals surface area contributed by atoms with E-state index in [1.807, 2.05) is 0 Å². The van der Waals surface area contributed by atoms with Gasteiger partial charge in [-0.05, 0) is 13.3 Å². The third-order valence-corrected chi connectivity index (χ3v) is 2.57. The summed E-state index contributed by atoms with van der Waals surface area (Å²) in [6.45, 7) is 1.13. The molecule has 0 fully saturated rings. The zero-order valence-electron chi connectivity index (χ0n) is 10.2. The number of hydrogen-bond acceptors (Lipinski definition) is 5. The number of aliphatic hydroxyl groups excluding tert-OH is 2. The Morgan fingerprint density at radius 2 is 1.33 bits per heavy atom. The van der Waals surface area contributed by atoms with E-state index in [0.29, 0.717) is 0 Å². The van der Waals surface area contributed by atoms with Gasteiger partial charge in [0.1, 0.15) is 0 Å². The Balaban J connectivity index is 3.51. The second kappa shape index (κ2) is 6.31. The van der Waals surface area contributed by atoms with Crippen LogP contribution in [0.3, 0.4) is 0 Å². The van der Waals surface area contributed by atoms with E-state index in [1.54, 1.807) is 6.92 Å². The zero-order valence-corrected chi connectivity index (χ0v) is 10.2. The van der Waals surface area contributed by atoms with Crippen LogP contribution < -0.4 is 17.1 Å². The van der Waals surface area contributed by atoms with Crippen molar-refractivity contribution in [3.8, 4) is 0 Å². The van der Waals surface area contributed by atoms with Gasteiger partial charge in [-0.3, -0.25) is 0 Å². The summed E-state index contributed by atoms with van der Waals surface area (Å²) in [5, 5.41) is 17.6. The van der Waals surface area contributed by atoms with Crippen LogP contribution in [0.5, 0.6) is 0 Å². The fourth-order valence-corrected chi connectivity index (χ4v) is 1.66. The first-order valence-corrected chi connectivity index (χ1v) is 5.74. The highest BCUT2D eigenvalue weighted by molar-refractivity contribution is 4.78. The highest BCUT2D eigenvalue weighted by Crippen LogP contribution is 1.81. The van der Waals surface area contributed by atoms with E-state index in [0.717, 1.165) is 13.7 Å². The maximum atomic E-state index is 11.9. The molecule has 0 radical (unpaired) electrons. The normalized spacial score (nSPS) is 10.8. The lowest BCUT2D eigenvalue weighted by atomic mass is 10.4. The zero-order chi connectivity index (χ0) is 13.7. The van der Waals surface area contributed by atoms with E-state index < -0.39 is 17.1 Å². The van der Waals surface area contributed by atoms with Crippen LogP contribution in [-0.2, 0) is 19.6 Å². The molecule has 0 saturated carbocycles. The van der Waals surface area contributed by atoms with Crippen molar-refractivity contribution in [1.82, 2.24) is 13.7 Å². The number of aliphatic hydroxyl groups is 2. The van der Waals surface area contributed by atoms with Gasteiger partial charge in [0.15, 0.2) is 0 Å². The molecule has 102 valence electrons. The Kier molecular flexibility index (Phi) is 5.05. The van der Waals surface area contributed by atoms with Crippen LogP contribution in [0.15, 0.2) is 14.4 Å². The topological polar surface area (TPSA) is 106 Å². The van der Waals surface area contributed by atoms with Gasteiger partial charge in [0.2, 0.25) is 0 Å². The molecule has 18 heavy (non-hydrogen) atoms. The van der Waals surface area contributed by atoms with E-state index in [9.17, 15) is 14.4 Å². The SMILES string of the molecule is CCn1c(=O)n(CCO)c(=O)n(CCCO)c1=O. The molecule has 0 bridgehead atoms. The predicted molar refractivity (Wildman–Crippen MR) is 63.7 cm³/mol. The van der Waals surface area contributed by atoms with Crippen LogP contribution >= 0.6 is 0 Å². The van der Waals surface area contributed by atoms with Crippen molar-refractivity contribution >= 4 is 0 Å². The molecule has 1 aromatic rings. The van der Waals surface area contributed by atoms with Gasteiger partial charge in [0.25, 0.3) is 0 Å². The van der Waals surface area contributed by atoms with Crippen LogP contribution in [0.1, 0.15) is 13.3 Å². The fourth-order valence-electron chi connectivity index (χ4n) is 1.66. The minimum atomic E-state index is -0.753. The van der Waals surface area contributed by atoms with Gasteiger partial charge < -0.3 is 10.2 Å². The molecule has 0 unspecified atom stereocenters. The maximum absolute atomic E-state index is 11.9. The lowest BCUT2D eigenvalue weighted by Crippen LogP contribution is -2.54. The Labute approximate surface area is 102 Å². The van der Waals surface area contributed by atoms with E-state index in [4.69, 9.17) is 10.2 Å². The first-order chi connectivity index (χ1) is 8.58. The molecule has 0 aliphatic rings. The molecule has 2 N–H and O–H groups in total. The van der Waals surface area contributed by atoms with E-state index >= 15 is 0 Å². The Hall–Kier alpha value is -1.67. The molecule has 0 saturated heterocycles. The Morgan fingerprint density at radius 1 is 0.833 bits per heavy atom. The molecule has 0 aliphatic heterocycles. The summed E-state index contributed by atoms with van der Waals surface area (Å²) < 4.78 is 2.65. The monoisotopic (exact) mass is 259 g/mol. The van der Waals surface area contributed by atoms with Crippen molar-refractivity contribution in [3.63, 3.8) is 0 Å². The minimum absolute atomic E-state index is 0.0415. The summed E-state index contributed by atoms with van der Waals surface area (Å²) >= 11 is 0. The van der Waals surface area contributed by atoms with Gasteiger partial charge in [-0.25, -0.2) is 28.1 Å². The standard InChI is InChI=1S/C10H17N3O5/c1-2-11-8(16)12(4-3-6-14)10(18)13(5-7-15)9(11)17/h14-15H,2-7H2,1H3. The summed E-state index contributed by atoms with van der Waals surface area (Å²) in [5.41, 5.74) is -2.16. The molecular formula is C10H17N3O5. The summed E-state index contributed by atoms with van der Waals surface area (Å²) in [6.07, 6.45) is 0.246. The summed E-state index contributed by atoms with van der Waals surface area (Å²) in [4.78, 5) is 35.6. The highest BCUT2D eigenvalue weighted by atomic mass is 16.3. The van der Waals surface area contributed by atoms with Gasteiger partial charge >= 0.3 is 17.1 Å². The smallest absolute Gasteiger partial charge is 0.336 e. The van der Waals surface area contributed by atoms with E-state index in [1.165, 1.54) is 0 Å². The van der Waals surface area contributed by atoms with Gasteiger partial charge in [-0.15, -0.1) is 0 Å². The average molecular weight is 259 g/mol. The number of rotatable bonds is 6. The number of nitrogens with zero attached hydrogens (tertiary/aromatic N) is 3. The third kappa shape index (κ3) is 2.59. The Morgan fingerprint density at radius 3 is 1.78 bits per heavy atom. The second-order valence-corrected chi connectivity index (χ2v) is 3.70. The fraction of sp³-hybridized carbons (Fsp3) is 0.700. The maximum Gasteiger partial charge on any atom is 0.336 e. The molecule has 1 rings (SSSR count). The van der Waals surface area contributed by atoms with E-state index in [2.05, 4.69) is 0 Å².